The second kappa shape index (κ2) is 8.82. The molecule has 0 heterocycles. The molecule has 0 unspecified atom stereocenters. The third-order valence-corrected chi connectivity index (χ3v) is 7.18. The van der Waals surface area contributed by atoms with Gasteiger partial charge in [-0.25, -0.2) is 9.34 Å². The Morgan fingerprint density at radius 1 is 0.714 bits per heavy atom. The van der Waals surface area contributed by atoms with Crippen LogP contribution in [0.25, 0.3) is 0 Å². The highest BCUT2D eigenvalue weighted by Gasteiger charge is 2.36. The van der Waals surface area contributed by atoms with E-state index < -0.39 is 8.45 Å². The van der Waals surface area contributed by atoms with Crippen LogP contribution in [0.1, 0.15) is 81.1 Å². The maximum atomic E-state index is 6.70. The molecule has 126 valence electrons. The Morgan fingerprint density at radius 3 is 1.33 bits per heavy atom. The van der Waals surface area contributed by atoms with Gasteiger partial charge in [0, 0.05) is 24.2 Å². The molecule has 3 nitrogen and oxygen atoms in total. The molecule has 0 aromatic heterocycles. The smallest absolute Gasteiger partial charge is 0.189 e. The van der Waals surface area contributed by atoms with Crippen molar-refractivity contribution in [1.82, 2.24) is 9.34 Å². The zero-order chi connectivity index (χ0) is 16.2. The first-order valence-electron chi connectivity index (χ1n) is 8.79. The summed E-state index contributed by atoms with van der Waals surface area (Å²) in [6.07, 6.45) is 5.62. The van der Waals surface area contributed by atoms with Crippen molar-refractivity contribution in [3.8, 4) is 0 Å². The van der Waals surface area contributed by atoms with Crippen LogP contribution < -0.4 is 0 Å². The fourth-order valence-corrected chi connectivity index (χ4v) is 5.85. The van der Waals surface area contributed by atoms with Crippen LogP contribution in [0.3, 0.4) is 0 Å². The molecule has 0 amide bonds. The van der Waals surface area contributed by atoms with E-state index in [0.717, 1.165) is 0 Å². The number of rotatable bonds is 8. The number of nitrogens with zero attached hydrogens (tertiary/aromatic N) is 2. The second-order valence-corrected chi connectivity index (χ2v) is 9.04. The summed E-state index contributed by atoms with van der Waals surface area (Å²) in [7, 11) is -0.690. The first-order valence-corrected chi connectivity index (χ1v) is 9.95. The summed E-state index contributed by atoms with van der Waals surface area (Å²) in [6.45, 7) is 18.4. The highest BCUT2D eigenvalue weighted by molar-refractivity contribution is 7.47. The molecular formula is C17H37N2OP. The third-order valence-electron chi connectivity index (χ3n) is 4.06. The van der Waals surface area contributed by atoms with Gasteiger partial charge in [-0.3, -0.25) is 0 Å². The van der Waals surface area contributed by atoms with Crippen molar-refractivity contribution < 1.29 is 4.52 Å². The average Bonchev–Trinajstić information content (AvgIpc) is 2.79. The van der Waals surface area contributed by atoms with Crippen LogP contribution in [0.2, 0.25) is 0 Å². The van der Waals surface area contributed by atoms with Gasteiger partial charge in [0.25, 0.3) is 0 Å². The molecule has 1 aliphatic carbocycles. The summed E-state index contributed by atoms with van der Waals surface area (Å²) in [4.78, 5) is 0. The van der Waals surface area contributed by atoms with Crippen molar-refractivity contribution in [2.45, 2.75) is 111 Å². The lowest BCUT2D eigenvalue weighted by atomic mass is 10.3. The van der Waals surface area contributed by atoms with E-state index in [4.69, 9.17) is 4.52 Å². The molecule has 0 aliphatic heterocycles. The average molecular weight is 316 g/mol. The van der Waals surface area contributed by atoms with Gasteiger partial charge in [0.1, 0.15) is 0 Å². The maximum absolute atomic E-state index is 6.70. The normalized spacial score (nSPS) is 17.9. The zero-order valence-corrected chi connectivity index (χ0v) is 16.4. The molecule has 0 bridgehead atoms. The maximum Gasteiger partial charge on any atom is 0.189 e. The highest BCUT2D eigenvalue weighted by atomic mass is 31.2. The highest BCUT2D eigenvalue weighted by Crippen LogP contribution is 2.52. The van der Waals surface area contributed by atoms with Crippen LogP contribution in [0.4, 0.5) is 0 Å². The zero-order valence-electron chi connectivity index (χ0n) is 15.5. The lowest BCUT2D eigenvalue weighted by molar-refractivity contribution is 0.146. The van der Waals surface area contributed by atoms with E-state index in [-0.39, 0.29) is 0 Å². The van der Waals surface area contributed by atoms with Crippen molar-refractivity contribution in [1.29, 1.82) is 0 Å². The van der Waals surface area contributed by atoms with Crippen molar-refractivity contribution in [3.05, 3.63) is 0 Å². The van der Waals surface area contributed by atoms with Crippen LogP contribution in [-0.4, -0.2) is 39.6 Å². The molecule has 1 fully saturated rings. The lowest BCUT2D eigenvalue weighted by Crippen LogP contribution is -2.44. The Bertz CT molecular complexity index is 253. The van der Waals surface area contributed by atoms with Gasteiger partial charge in [0.2, 0.25) is 0 Å². The second-order valence-electron chi connectivity index (χ2n) is 7.40. The van der Waals surface area contributed by atoms with Gasteiger partial charge in [-0.05, 0) is 68.2 Å². The van der Waals surface area contributed by atoms with Gasteiger partial charge in [0.05, 0.1) is 6.10 Å². The van der Waals surface area contributed by atoms with E-state index in [1.54, 1.807) is 0 Å². The molecule has 1 aliphatic rings. The molecule has 1 saturated carbocycles. The molecule has 0 saturated heterocycles. The van der Waals surface area contributed by atoms with E-state index in [0.29, 0.717) is 30.3 Å². The minimum Gasteiger partial charge on any atom is -0.328 e. The van der Waals surface area contributed by atoms with E-state index in [1.165, 1.54) is 25.7 Å². The van der Waals surface area contributed by atoms with Crippen molar-refractivity contribution in [3.63, 3.8) is 0 Å². The van der Waals surface area contributed by atoms with Gasteiger partial charge < -0.3 is 4.52 Å². The summed E-state index contributed by atoms with van der Waals surface area (Å²) in [5.74, 6) is 0. The first-order chi connectivity index (χ1) is 9.75. The SMILES string of the molecule is CC(C)N(C(C)C)P(OC1CCCC1)N(C(C)C)C(C)C. The van der Waals surface area contributed by atoms with E-state index in [9.17, 15) is 0 Å². The minimum absolute atomic E-state index is 0.469. The molecule has 4 heteroatoms. The van der Waals surface area contributed by atoms with Gasteiger partial charge in [-0.1, -0.05) is 12.8 Å². The Labute approximate surface area is 134 Å². The third kappa shape index (κ3) is 5.46. The summed E-state index contributed by atoms with van der Waals surface area (Å²) in [5.41, 5.74) is 0. The number of hydrogen-bond acceptors (Lipinski definition) is 3. The quantitative estimate of drug-likeness (QED) is 0.557. The van der Waals surface area contributed by atoms with Crippen molar-refractivity contribution >= 4 is 8.45 Å². The summed E-state index contributed by atoms with van der Waals surface area (Å²) >= 11 is 0. The molecule has 0 atom stereocenters. The van der Waals surface area contributed by atoms with E-state index >= 15 is 0 Å². The van der Waals surface area contributed by atoms with Crippen LogP contribution in [-0.2, 0) is 4.52 Å². The largest absolute Gasteiger partial charge is 0.328 e. The molecule has 21 heavy (non-hydrogen) atoms. The molecule has 1 rings (SSSR count). The van der Waals surface area contributed by atoms with Crippen LogP contribution >= 0.6 is 8.45 Å². The summed E-state index contributed by atoms with van der Waals surface area (Å²) < 4.78 is 11.9. The Morgan fingerprint density at radius 2 is 1.05 bits per heavy atom. The standard InChI is InChI=1S/C17H37N2OP/c1-13(2)18(14(3)4)21(19(15(5)6)16(7)8)20-17-11-9-10-12-17/h13-17H,9-12H2,1-8H3. The van der Waals surface area contributed by atoms with Gasteiger partial charge in [0.15, 0.2) is 8.45 Å². The fourth-order valence-electron chi connectivity index (χ4n) is 3.34. The topological polar surface area (TPSA) is 15.7 Å². The predicted octanol–water partition coefficient (Wildman–Crippen LogP) is 5.41. The van der Waals surface area contributed by atoms with Crippen molar-refractivity contribution in [2.75, 3.05) is 0 Å². The van der Waals surface area contributed by atoms with Gasteiger partial charge in [-0.15, -0.1) is 0 Å². The molecule has 0 aromatic rings. The first kappa shape index (κ1) is 19.4. The number of hydrogen-bond donors (Lipinski definition) is 0. The summed E-state index contributed by atoms with van der Waals surface area (Å²) in [6, 6.07) is 2.05. The van der Waals surface area contributed by atoms with Crippen molar-refractivity contribution in [2.24, 2.45) is 0 Å². The molecular weight excluding hydrogens is 279 g/mol. The predicted molar refractivity (Wildman–Crippen MR) is 94.5 cm³/mol. The van der Waals surface area contributed by atoms with Gasteiger partial charge in [-0.2, -0.15) is 0 Å². The lowest BCUT2D eigenvalue weighted by Gasteiger charge is -2.46. The monoisotopic (exact) mass is 316 g/mol. The van der Waals surface area contributed by atoms with Gasteiger partial charge >= 0.3 is 0 Å². The molecule has 0 radical (unpaired) electrons. The van der Waals surface area contributed by atoms with Crippen LogP contribution in [0.15, 0.2) is 0 Å². The minimum atomic E-state index is -0.690. The fraction of sp³-hybridized carbons (Fsp3) is 1.00. The molecule has 0 spiro atoms. The Hall–Kier alpha value is 0.310. The molecule has 0 N–H and O–H groups in total. The van der Waals surface area contributed by atoms with Crippen LogP contribution in [0, 0.1) is 0 Å². The Kier molecular flexibility index (Phi) is 8.13. The van der Waals surface area contributed by atoms with Crippen LogP contribution in [0.5, 0.6) is 0 Å². The van der Waals surface area contributed by atoms with E-state index in [1.807, 2.05) is 0 Å². The summed E-state index contributed by atoms with van der Waals surface area (Å²) in [5, 5.41) is 0. The molecule has 0 aromatic carbocycles. The Balaban J connectivity index is 3.00. The van der Waals surface area contributed by atoms with E-state index in [2.05, 4.69) is 64.7 Å².